The van der Waals surface area contributed by atoms with Crippen LogP contribution in [0.25, 0.3) is 0 Å². The summed E-state index contributed by atoms with van der Waals surface area (Å²) >= 11 is 1.07. The summed E-state index contributed by atoms with van der Waals surface area (Å²) in [5.74, 6) is -0.465. The van der Waals surface area contributed by atoms with E-state index in [0.29, 0.717) is 5.00 Å². The molecule has 2 heterocycles. The molecule has 2 aromatic rings. The van der Waals surface area contributed by atoms with Gasteiger partial charge in [-0.05, 0) is 5.21 Å². The molecule has 2 N–H and O–H groups in total. The number of nitrogens with zero attached hydrogens (tertiary/aromatic N) is 5. The van der Waals surface area contributed by atoms with Gasteiger partial charge in [0.1, 0.15) is 5.00 Å². The van der Waals surface area contributed by atoms with Crippen LogP contribution in [0, 0.1) is 0 Å². The summed E-state index contributed by atoms with van der Waals surface area (Å²) in [7, 11) is 0. The van der Waals surface area contributed by atoms with E-state index < -0.39 is 5.91 Å². The molecule has 9 heteroatoms. The minimum Gasteiger partial charge on any atom is -0.308 e. The van der Waals surface area contributed by atoms with Gasteiger partial charge in [-0.15, -0.1) is 15.3 Å². The minimum absolute atomic E-state index is 0.0200. The molecule has 8 nitrogen and oxygen atoms in total. The molecule has 1 amide bonds. The molecule has 0 aliphatic carbocycles. The van der Waals surface area contributed by atoms with Crippen molar-refractivity contribution in [3.63, 3.8) is 0 Å². The predicted octanol–water partition coefficient (Wildman–Crippen LogP) is -0.697. The molecule has 66 valence electrons. The Morgan fingerprint density at radius 1 is 1.62 bits per heavy atom. The molecular formula is C4H3N7OS. The van der Waals surface area contributed by atoms with Crippen LogP contribution in [0.5, 0.6) is 0 Å². The van der Waals surface area contributed by atoms with Crippen LogP contribution in [-0.2, 0) is 0 Å². The Balaban J connectivity index is 2.08. The summed E-state index contributed by atoms with van der Waals surface area (Å²) in [6.45, 7) is 0. The van der Waals surface area contributed by atoms with Gasteiger partial charge in [0.05, 0.1) is 6.20 Å². The molecule has 13 heavy (non-hydrogen) atoms. The van der Waals surface area contributed by atoms with Gasteiger partial charge < -0.3 is 5.32 Å². The van der Waals surface area contributed by atoms with Crippen molar-refractivity contribution >= 4 is 22.4 Å². The van der Waals surface area contributed by atoms with Crippen molar-refractivity contribution < 1.29 is 4.79 Å². The minimum atomic E-state index is -0.445. The van der Waals surface area contributed by atoms with E-state index in [4.69, 9.17) is 0 Å². The fourth-order valence-corrected chi connectivity index (χ4v) is 1.06. The van der Waals surface area contributed by atoms with Gasteiger partial charge in [0.2, 0.25) is 0 Å². The summed E-state index contributed by atoms with van der Waals surface area (Å²) in [5.41, 5.74) is 0. The number of hydrogen-bond donors (Lipinski definition) is 2. The van der Waals surface area contributed by atoms with Crippen LogP contribution >= 0.6 is 11.5 Å². The van der Waals surface area contributed by atoms with Crippen LogP contribution in [-0.4, -0.2) is 36.1 Å². The fourth-order valence-electron chi connectivity index (χ4n) is 0.648. The smallest absolute Gasteiger partial charge is 0.297 e. The maximum absolute atomic E-state index is 11.2. The average molecular weight is 197 g/mol. The highest BCUT2D eigenvalue weighted by atomic mass is 32.1. The Kier molecular flexibility index (Phi) is 1.92. The zero-order valence-corrected chi connectivity index (χ0v) is 6.95. The molecule has 2 aromatic heterocycles. The number of aromatic nitrogens is 6. The lowest BCUT2D eigenvalue weighted by molar-refractivity contribution is 0.101. The van der Waals surface area contributed by atoms with Gasteiger partial charge in [-0.25, -0.2) is 0 Å². The third-order valence-corrected chi connectivity index (χ3v) is 1.73. The van der Waals surface area contributed by atoms with Crippen LogP contribution in [0.4, 0.5) is 5.00 Å². The number of carbonyl (C=O) groups is 1. The molecule has 0 bridgehead atoms. The van der Waals surface area contributed by atoms with Gasteiger partial charge in [-0.1, -0.05) is 4.49 Å². The molecule has 0 aromatic carbocycles. The Hall–Kier alpha value is -1.90. The monoisotopic (exact) mass is 197 g/mol. The second-order valence-electron chi connectivity index (χ2n) is 1.97. The summed E-state index contributed by atoms with van der Waals surface area (Å²) < 4.78 is 3.57. The van der Waals surface area contributed by atoms with Crippen molar-refractivity contribution in [2.45, 2.75) is 0 Å². The largest absolute Gasteiger partial charge is 0.308 e. The third-order valence-electron chi connectivity index (χ3n) is 1.15. The zero-order chi connectivity index (χ0) is 9.10. The Labute approximate surface area is 75.5 Å². The van der Waals surface area contributed by atoms with Crippen molar-refractivity contribution in [2.75, 3.05) is 5.32 Å². The number of hydrogen-bond acceptors (Lipinski definition) is 7. The standard InChI is InChI=1S/C4H3N7OS/c12-4(3-7-9-10-8-3)6-2-1-5-11-13-2/h1H,(H,6,12)(H,7,8,9,10). The number of amides is 1. The topological polar surface area (TPSA) is 109 Å². The first kappa shape index (κ1) is 7.73. The molecule has 0 saturated carbocycles. The highest BCUT2D eigenvalue weighted by Gasteiger charge is 2.11. The summed E-state index contributed by atoms with van der Waals surface area (Å²) in [4.78, 5) is 11.2. The van der Waals surface area contributed by atoms with Crippen molar-refractivity contribution in [3.8, 4) is 0 Å². The molecule has 0 spiro atoms. The quantitative estimate of drug-likeness (QED) is 0.659. The molecule has 0 fully saturated rings. The molecular weight excluding hydrogens is 194 g/mol. The van der Waals surface area contributed by atoms with Crippen molar-refractivity contribution in [1.82, 2.24) is 30.2 Å². The van der Waals surface area contributed by atoms with Crippen LogP contribution < -0.4 is 5.32 Å². The molecule has 0 unspecified atom stereocenters. The van der Waals surface area contributed by atoms with Gasteiger partial charge in [0.15, 0.2) is 0 Å². The molecule has 2 rings (SSSR count). The first-order valence-electron chi connectivity index (χ1n) is 3.18. The van der Waals surface area contributed by atoms with Crippen LogP contribution in [0.15, 0.2) is 6.20 Å². The number of H-pyrrole nitrogens is 1. The second kappa shape index (κ2) is 3.23. The second-order valence-corrected chi connectivity index (χ2v) is 2.76. The molecule has 0 aliphatic rings. The van der Waals surface area contributed by atoms with Crippen molar-refractivity contribution in [1.29, 1.82) is 0 Å². The van der Waals surface area contributed by atoms with Crippen molar-refractivity contribution in [2.24, 2.45) is 0 Å². The number of carbonyl (C=O) groups excluding carboxylic acids is 1. The van der Waals surface area contributed by atoms with Gasteiger partial charge in [-0.3, -0.25) is 4.79 Å². The van der Waals surface area contributed by atoms with E-state index in [1.807, 2.05) is 0 Å². The number of nitrogens with one attached hydrogen (secondary N) is 2. The summed E-state index contributed by atoms with van der Waals surface area (Å²) in [5, 5.41) is 19.0. The van der Waals surface area contributed by atoms with E-state index in [-0.39, 0.29) is 5.82 Å². The third kappa shape index (κ3) is 1.64. The van der Waals surface area contributed by atoms with Crippen LogP contribution in [0.3, 0.4) is 0 Å². The average Bonchev–Trinajstić information content (AvgIpc) is 2.74. The fraction of sp³-hybridized carbons (Fsp3) is 0. The SMILES string of the molecule is O=C(Nc1cnns1)c1nn[nH]n1. The normalized spacial score (nSPS) is 9.85. The summed E-state index contributed by atoms with van der Waals surface area (Å²) in [6.07, 6.45) is 1.43. The lowest BCUT2D eigenvalue weighted by Gasteiger charge is -1.93. The maximum Gasteiger partial charge on any atom is 0.297 e. The first-order chi connectivity index (χ1) is 6.36. The molecule has 0 saturated heterocycles. The van der Waals surface area contributed by atoms with Crippen LogP contribution in [0.1, 0.15) is 10.6 Å². The molecule has 0 aliphatic heterocycles. The van der Waals surface area contributed by atoms with Gasteiger partial charge >= 0.3 is 0 Å². The highest BCUT2D eigenvalue weighted by molar-refractivity contribution is 7.10. The van der Waals surface area contributed by atoms with E-state index in [1.54, 1.807) is 0 Å². The van der Waals surface area contributed by atoms with Gasteiger partial charge in [0.25, 0.3) is 11.7 Å². The number of rotatable bonds is 2. The highest BCUT2D eigenvalue weighted by Crippen LogP contribution is 2.09. The molecule has 0 atom stereocenters. The molecule has 0 radical (unpaired) electrons. The van der Waals surface area contributed by atoms with Gasteiger partial charge in [-0.2, -0.15) is 5.21 Å². The number of tetrazole rings is 1. The Bertz CT molecular complexity index is 381. The maximum atomic E-state index is 11.2. The van der Waals surface area contributed by atoms with E-state index in [9.17, 15) is 4.79 Å². The summed E-state index contributed by atoms with van der Waals surface area (Å²) in [6, 6.07) is 0. The predicted molar refractivity (Wildman–Crippen MR) is 42.0 cm³/mol. The van der Waals surface area contributed by atoms with E-state index in [0.717, 1.165) is 11.5 Å². The number of aromatic amines is 1. The van der Waals surface area contributed by atoms with E-state index in [2.05, 4.69) is 35.5 Å². The Morgan fingerprint density at radius 2 is 2.54 bits per heavy atom. The van der Waals surface area contributed by atoms with E-state index >= 15 is 0 Å². The van der Waals surface area contributed by atoms with Crippen molar-refractivity contribution in [3.05, 3.63) is 12.0 Å². The lowest BCUT2D eigenvalue weighted by Crippen LogP contribution is -2.12. The van der Waals surface area contributed by atoms with Gasteiger partial charge in [0, 0.05) is 11.5 Å². The zero-order valence-electron chi connectivity index (χ0n) is 6.13. The van der Waals surface area contributed by atoms with Crippen LogP contribution in [0.2, 0.25) is 0 Å². The number of anilines is 1. The van der Waals surface area contributed by atoms with E-state index in [1.165, 1.54) is 6.20 Å². The Morgan fingerprint density at radius 3 is 3.15 bits per heavy atom. The first-order valence-corrected chi connectivity index (χ1v) is 3.96. The lowest BCUT2D eigenvalue weighted by atomic mass is 10.5.